The molecule has 1 aliphatic heterocycles. The number of halogens is 1. The first-order valence-electron chi connectivity index (χ1n) is 9.09. The van der Waals surface area contributed by atoms with E-state index < -0.39 is 63.3 Å². The summed E-state index contributed by atoms with van der Waals surface area (Å²) in [6.45, 7) is 9.41. The summed E-state index contributed by atoms with van der Waals surface area (Å²) >= 11 is -1.67. The zero-order chi connectivity index (χ0) is 22.2. The zero-order valence-electron chi connectivity index (χ0n) is 17.3. The van der Waals surface area contributed by atoms with Crippen LogP contribution in [0.5, 0.6) is 0 Å². The molecule has 0 radical (unpaired) electrons. The summed E-state index contributed by atoms with van der Waals surface area (Å²) in [7, 11) is 0. The molecule has 1 fully saturated rings. The molecule has 1 aliphatic rings. The molecular formula is C20H26FNO6S. The normalized spacial score (nSPS) is 20.4. The first-order valence-corrected chi connectivity index (χ1v) is 10.2. The Morgan fingerprint density at radius 3 is 2.17 bits per heavy atom. The fourth-order valence-corrected chi connectivity index (χ4v) is 3.78. The number of ketones is 1. The van der Waals surface area contributed by atoms with Crippen LogP contribution < -0.4 is 4.72 Å². The quantitative estimate of drug-likeness (QED) is 0.422. The molecule has 1 N–H and O–H groups in total. The maximum Gasteiger partial charge on any atom is 0.331 e. The van der Waals surface area contributed by atoms with Crippen molar-refractivity contribution in [3.8, 4) is 0 Å². The topological polar surface area (TPSA) is 105 Å². The van der Waals surface area contributed by atoms with Crippen molar-refractivity contribution in [2.24, 2.45) is 5.92 Å². The van der Waals surface area contributed by atoms with Gasteiger partial charge in [0, 0.05) is 37.2 Å². The maximum atomic E-state index is 14.5. The van der Waals surface area contributed by atoms with Crippen LogP contribution in [0.4, 0.5) is 4.39 Å². The second-order valence-corrected chi connectivity index (χ2v) is 10.6. The average molecular weight is 427 g/mol. The summed E-state index contributed by atoms with van der Waals surface area (Å²) in [5, 5.41) is 0. The molecule has 7 nitrogen and oxygen atoms in total. The molecule has 0 amide bonds. The highest BCUT2D eigenvalue weighted by Crippen LogP contribution is 2.33. The van der Waals surface area contributed by atoms with Crippen molar-refractivity contribution in [1.82, 2.24) is 4.72 Å². The van der Waals surface area contributed by atoms with E-state index in [0.29, 0.717) is 0 Å². The minimum atomic E-state index is -1.78. The Bertz CT molecular complexity index is 801. The van der Waals surface area contributed by atoms with Gasteiger partial charge in [-0.3, -0.25) is 14.4 Å². The van der Waals surface area contributed by atoms with Crippen LogP contribution >= 0.6 is 0 Å². The number of hydrogen-bond donors (Lipinski definition) is 1. The predicted molar refractivity (Wildman–Crippen MR) is 104 cm³/mol. The summed E-state index contributed by atoms with van der Waals surface area (Å²) in [5.41, 5.74) is -1.36. The molecule has 0 bridgehead atoms. The van der Waals surface area contributed by atoms with E-state index in [0.717, 1.165) is 0 Å². The van der Waals surface area contributed by atoms with Crippen LogP contribution in [0.3, 0.4) is 0 Å². The van der Waals surface area contributed by atoms with Crippen LogP contribution in [0.2, 0.25) is 0 Å². The molecule has 2 atom stereocenters. The van der Waals surface area contributed by atoms with Gasteiger partial charge < -0.3 is 14.0 Å². The third kappa shape index (κ3) is 5.34. The summed E-state index contributed by atoms with van der Waals surface area (Å²) in [6, 6.07) is 5.73. The summed E-state index contributed by atoms with van der Waals surface area (Å²) < 4.78 is 39.4. The molecule has 0 saturated carbocycles. The monoisotopic (exact) mass is 427 g/mol. The molecule has 0 aliphatic carbocycles. The molecule has 29 heavy (non-hydrogen) atoms. The zero-order valence-corrected chi connectivity index (χ0v) is 18.1. The van der Waals surface area contributed by atoms with Crippen molar-refractivity contribution in [2.45, 2.75) is 64.0 Å². The lowest BCUT2D eigenvalue weighted by molar-refractivity contribution is -0.238. The van der Waals surface area contributed by atoms with Crippen LogP contribution in [0.1, 0.15) is 53.5 Å². The molecule has 0 spiro atoms. The van der Waals surface area contributed by atoms with Crippen LogP contribution in [0.25, 0.3) is 0 Å². The highest BCUT2D eigenvalue weighted by molar-refractivity contribution is 7.90. The van der Waals surface area contributed by atoms with Crippen molar-refractivity contribution in [3.05, 3.63) is 35.6 Å². The lowest BCUT2D eigenvalue weighted by Crippen LogP contribution is -2.54. The van der Waals surface area contributed by atoms with Gasteiger partial charge in [-0.1, -0.05) is 18.2 Å². The molecule has 0 unspecified atom stereocenters. The lowest BCUT2D eigenvalue weighted by atomic mass is 9.84. The Labute approximate surface area is 172 Å². The number of Topliss-reactive ketones (excluding diaryl/α,β-unsaturated/α-hetero) is 1. The predicted octanol–water partition coefficient (Wildman–Crippen LogP) is 2.50. The van der Waals surface area contributed by atoms with Gasteiger partial charge in [0.15, 0.2) is 5.78 Å². The van der Waals surface area contributed by atoms with Crippen LogP contribution in [-0.2, 0) is 40.8 Å². The Balaban J connectivity index is 2.38. The van der Waals surface area contributed by atoms with Gasteiger partial charge in [0.05, 0.1) is 5.54 Å². The minimum absolute atomic E-state index is 0.0869. The number of esters is 2. The van der Waals surface area contributed by atoms with Gasteiger partial charge in [0.25, 0.3) is 5.79 Å². The number of cyclic esters (lactones) is 2. The first kappa shape index (κ1) is 23.3. The summed E-state index contributed by atoms with van der Waals surface area (Å²) in [5.74, 6) is -6.73. The number of carbonyl (C=O) groups is 3. The van der Waals surface area contributed by atoms with E-state index in [-0.39, 0.29) is 5.56 Å². The molecule has 9 heteroatoms. The number of benzene rings is 1. The SMILES string of the molecule is CC1(C)OC(=O)C(C(=O)C[C@](C)(N[S@+]([O-])C(C)(C)C)c2ccccc2F)C(=O)O1. The van der Waals surface area contributed by atoms with Gasteiger partial charge in [0.2, 0.25) is 5.92 Å². The molecule has 1 saturated heterocycles. The average Bonchev–Trinajstić information content (AvgIpc) is 2.51. The van der Waals surface area contributed by atoms with Gasteiger partial charge in [0.1, 0.15) is 10.6 Å². The number of ether oxygens (including phenoxy) is 2. The van der Waals surface area contributed by atoms with Gasteiger partial charge in [-0.2, -0.15) is 0 Å². The molecule has 1 aromatic rings. The molecule has 1 heterocycles. The first-order chi connectivity index (χ1) is 13.2. The smallest absolute Gasteiger partial charge is 0.331 e. The van der Waals surface area contributed by atoms with E-state index in [9.17, 15) is 23.3 Å². The fourth-order valence-electron chi connectivity index (χ4n) is 2.89. The molecular weight excluding hydrogens is 401 g/mol. The highest BCUT2D eigenvalue weighted by Gasteiger charge is 2.50. The Hall–Kier alpha value is -1.97. The van der Waals surface area contributed by atoms with E-state index in [1.165, 1.54) is 39.0 Å². The van der Waals surface area contributed by atoms with E-state index in [1.54, 1.807) is 26.8 Å². The van der Waals surface area contributed by atoms with Crippen molar-refractivity contribution in [2.75, 3.05) is 0 Å². The number of rotatable bonds is 6. The van der Waals surface area contributed by atoms with Crippen LogP contribution in [0, 0.1) is 11.7 Å². The maximum absolute atomic E-state index is 14.5. The van der Waals surface area contributed by atoms with Gasteiger partial charge in [-0.25, -0.2) is 4.39 Å². The van der Waals surface area contributed by atoms with E-state index in [2.05, 4.69) is 4.72 Å². The molecule has 2 rings (SSSR count). The van der Waals surface area contributed by atoms with Crippen molar-refractivity contribution < 1.29 is 32.8 Å². The summed E-state index contributed by atoms with van der Waals surface area (Å²) in [4.78, 5) is 37.4. The second kappa shape index (κ2) is 8.04. The van der Waals surface area contributed by atoms with E-state index >= 15 is 0 Å². The van der Waals surface area contributed by atoms with E-state index in [4.69, 9.17) is 9.47 Å². The standard InChI is InChI=1S/C20H26FNO6S/c1-18(2,3)29(26)22-20(6,12-9-7-8-10-13(12)21)11-14(23)15-16(24)27-19(4,5)28-17(15)25/h7-10,15,22H,11H2,1-6H3/t20-,29+/m0/s1. The number of carbonyl (C=O) groups excluding carboxylic acids is 3. The van der Waals surface area contributed by atoms with E-state index in [1.807, 2.05) is 0 Å². The molecule has 0 aromatic heterocycles. The molecule has 160 valence electrons. The van der Waals surface area contributed by atoms with Gasteiger partial charge in [-0.05, 0) is 33.8 Å². The molecule has 1 aromatic carbocycles. The summed E-state index contributed by atoms with van der Waals surface area (Å²) in [6.07, 6.45) is -0.481. The van der Waals surface area contributed by atoms with Crippen molar-refractivity contribution in [3.63, 3.8) is 0 Å². The largest absolute Gasteiger partial charge is 0.598 e. The Morgan fingerprint density at radius 1 is 1.17 bits per heavy atom. The number of nitrogens with one attached hydrogen (secondary N) is 1. The second-order valence-electron chi connectivity index (χ2n) is 8.61. The number of hydrogen-bond acceptors (Lipinski definition) is 7. The third-order valence-corrected chi connectivity index (χ3v) is 6.10. The lowest BCUT2D eigenvalue weighted by Gasteiger charge is -2.36. The van der Waals surface area contributed by atoms with Gasteiger partial charge in [-0.15, -0.1) is 4.72 Å². The Morgan fingerprint density at radius 2 is 1.69 bits per heavy atom. The highest BCUT2D eigenvalue weighted by atomic mass is 32.2. The van der Waals surface area contributed by atoms with Crippen LogP contribution in [0.15, 0.2) is 24.3 Å². The minimum Gasteiger partial charge on any atom is -0.598 e. The third-order valence-electron chi connectivity index (χ3n) is 4.36. The van der Waals surface area contributed by atoms with Crippen molar-refractivity contribution >= 4 is 29.1 Å². The Kier molecular flexibility index (Phi) is 6.46. The van der Waals surface area contributed by atoms with Crippen molar-refractivity contribution in [1.29, 1.82) is 0 Å². The van der Waals surface area contributed by atoms with Crippen LogP contribution in [-0.4, -0.2) is 32.8 Å². The fraction of sp³-hybridized carbons (Fsp3) is 0.550. The van der Waals surface area contributed by atoms with Gasteiger partial charge >= 0.3 is 11.9 Å².